The number of hydrogen-bond acceptors (Lipinski definition) is 4. The third-order valence-corrected chi connectivity index (χ3v) is 4.22. The molecular formula is C21H17F3N2O2. The van der Waals surface area contributed by atoms with E-state index in [0.29, 0.717) is 17.7 Å². The smallest absolute Gasteiger partial charge is 0.416 e. The summed E-state index contributed by atoms with van der Waals surface area (Å²) >= 11 is 0. The summed E-state index contributed by atoms with van der Waals surface area (Å²) in [7, 11) is 0. The Bertz CT molecular complexity index is 930. The molecule has 7 heteroatoms. The highest BCUT2D eigenvalue weighted by Crippen LogP contribution is 2.31. The number of aromatic nitrogens is 1. The first kappa shape index (κ1) is 19.5. The van der Waals surface area contributed by atoms with Crippen LogP contribution in [0.4, 0.5) is 13.2 Å². The average Bonchev–Trinajstić information content (AvgIpc) is 2.70. The normalized spacial score (nSPS) is 12.4. The third-order valence-electron chi connectivity index (χ3n) is 4.22. The van der Waals surface area contributed by atoms with Crippen LogP contribution >= 0.6 is 0 Å². The maximum Gasteiger partial charge on any atom is 0.416 e. The van der Waals surface area contributed by atoms with Gasteiger partial charge in [0.25, 0.3) is 0 Å². The predicted molar refractivity (Wildman–Crippen MR) is 99.0 cm³/mol. The molecule has 0 bridgehead atoms. The SMILES string of the molecule is O=NC(c1ccccn1)c1ccccc1CCOc1cccc(C(F)(F)F)c1. The Labute approximate surface area is 160 Å². The second-order valence-electron chi connectivity index (χ2n) is 6.09. The molecule has 1 heterocycles. The number of hydrogen-bond donors (Lipinski definition) is 0. The van der Waals surface area contributed by atoms with Crippen molar-refractivity contribution in [3.05, 3.63) is 100 Å². The lowest BCUT2D eigenvalue weighted by Crippen LogP contribution is -2.09. The number of rotatable bonds is 7. The van der Waals surface area contributed by atoms with Gasteiger partial charge in [-0.25, -0.2) is 0 Å². The van der Waals surface area contributed by atoms with Crippen molar-refractivity contribution >= 4 is 0 Å². The Morgan fingerprint density at radius 3 is 2.50 bits per heavy atom. The lowest BCUT2D eigenvalue weighted by Gasteiger charge is -2.15. The Balaban J connectivity index is 1.73. The van der Waals surface area contributed by atoms with E-state index in [4.69, 9.17) is 4.74 Å². The van der Waals surface area contributed by atoms with Crippen LogP contribution in [-0.2, 0) is 12.6 Å². The molecule has 0 N–H and O–H groups in total. The highest BCUT2D eigenvalue weighted by Gasteiger charge is 2.30. The van der Waals surface area contributed by atoms with Crippen LogP contribution in [0.1, 0.15) is 28.4 Å². The molecule has 0 aliphatic rings. The van der Waals surface area contributed by atoms with Gasteiger partial charge < -0.3 is 4.74 Å². The van der Waals surface area contributed by atoms with Crippen LogP contribution in [0, 0.1) is 4.91 Å². The number of pyridine rings is 1. The van der Waals surface area contributed by atoms with Crippen LogP contribution in [0.25, 0.3) is 0 Å². The molecule has 0 spiro atoms. The second-order valence-corrected chi connectivity index (χ2v) is 6.09. The fraction of sp³-hybridized carbons (Fsp3) is 0.190. The quantitative estimate of drug-likeness (QED) is 0.498. The van der Waals surface area contributed by atoms with Crippen LogP contribution in [0.5, 0.6) is 5.75 Å². The first-order valence-corrected chi connectivity index (χ1v) is 8.60. The Hall–Kier alpha value is -3.22. The zero-order chi connectivity index (χ0) is 20.0. The molecule has 28 heavy (non-hydrogen) atoms. The van der Waals surface area contributed by atoms with Crippen molar-refractivity contribution in [3.8, 4) is 5.75 Å². The summed E-state index contributed by atoms with van der Waals surface area (Å²) in [6.45, 7) is 0.159. The summed E-state index contributed by atoms with van der Waals surface area (Å²) in [6.07, 6.45) is -2.42. The number of nitrogens with zero attached hydrogens (tertiary/aromatic N) is 2. The minimum absolute atomic E-state index is 0.141. The number of nitroso groups, excluding NO2 is 1. The maximum atomic E-state index is 12.8. The van der Waals surface area contributed by atoms with Gasteiger partial charge in [-0.1, -0.05) is 41.6 Å². The van der Waals surface area contributed by atoms with E-state index >= 15 is 0 Å². The van der Waals surface area contributed by atoms with Crippen LogP contribution in [-0.4, -0.2) is 11.6 Å². The molecule has 2 aromatic carbocycles. The van der Waals surface area contributed by atoms with Crippen molar-refractivity contribution in [2.45, 2.75) is 18.6 Å². The van der Waals surface area contributed by atoms with Crippen molar-refractivity contribution in [2.24, 2.45) is 5.18 Å². The van der Waals surface area contributed by atoms with E-state index < -0.39 is 17.8 Å². The standard InChI is InChI=1S/C21H17F3N2O2/c22-21(23,24)16-7-5-8-17(14-16)28-13-11-15-6-1-2-9-18(15)20(26-27)19-10-3-4-12-25-19/h1-10,12,14,20H,11,13H2. The Kier molecular flexibility index (Phi) is 6.03. The lowest BCUT2D eigenvalue weighted by atomic mass is 9.96. The van der Waals surface area contributed by atoms with Crippen molar-refractivity contribution < 1.29 is 17.9 Å². The van der Waals surface area contributed by atoms with Crippen LogP contribution < -0.4 is 4.74 Å². The first-order chi connectivity index (χ1) is 13.5. The zero-order valence-corrected chi connectivity index (χ0v) is 14.8. The van der Waals surface area contributed by atoms with Crippen LogP contribution in [0.15, 0.2) is 78.1 Å². The van der Waals surface area contributed by atoms with Gasteiger partial charge >= 0.3 is 6.18 Å². The van der Waals surface area contributed by atoms with Gasteiger partial charge in [0.1, 0.15) is 5.75 Å². The molecular weight excluding hydrogens is 369 g/mol. The van der Waals surface area contributed by atoms with Gasteiger partial charge in [0, 0.05) is 12.6 Å². The molecule has 0 amide bonds. The van der Waals surface area contributed by atoms with E-state index in [1.54, 1.807) is 36.5 Å². The predicted octanol–water partition coefficient (Wildman–Crippen LogP) is 5.58. The molecule has 3 rings (SSSR count). The molecule has 0 fully saturated rings. The summed E-state index contributed by atoms with van der Waals surface area (Å²) in [5.74, 6) is 0.141. The first-order valence-electron chi connectivity index (χ1n) is 8.60. The summed E-state index contributed by atoms with van der Waals surface area (Å²) in [5, 5.41) is 3.22. The molecule has 0 aliphatic heterocycles. The molecule has 0 saturated carbocycles. The van der Waals surface area contributed by atoms with Crippen LogP contribution in [0.2, 0.25) is 0 Å². The van der Waals surface area contributed by atoms with E-state index in [-0.39, 0.29) is 12.4 Å². The summed E-state index contributed by atoms with van der Waals surface area (Å²) in [5.41, 5.74) is 1.29. The fourth-order valence-corrected chi connectivity index (χ4v) is 2.88. The molecule has 0 saturated heterocycles. The van der Waals surface area contributed by atoms with E-state index in [2.05, 4.69) is 10.2 Å². The van der Waals surface area contributed by atoms with Crippen molar-refractivity contribution in [2.75, 3.05) is 6.61 Å². The molecule has 1 atom stereocenters. The zero-order valence-electron chi connectivity index (χ0n) is 14.8. The minimum Gasteiger partial charge on any atom is -0.493 e. The van der Waals surface area contributed by atoms with Crippen molar-refractivity contribution in [1.29, 1.82) is 0 Å². The van der Waals surface area contributed by atoms with E-state index in [1.807, 2.05) is 12.1 Å². The Morgan fingerprint density at radius 1 is 1.00 bits per heavy atom. The lowest BCUT2D eigenvalue weighted by molar-refractivity contribution is -0.137. The highest BCUT2D eigenvalue weighted by molar-refractivity contribution is 5.36. The molecule has 1 unspecified atom stereocenters. The fourth-order valence-electron chi connectivity index (χ4n) is 2.88. The van der Waals surface area contributed by atoms with E-state index in [1.165, 1.54) is 12.1 Å². The van der Waals surface area contributed by atoms with Gasteiger partial charge in [0.2, 0.25) is 0 Å². The number of ether oxygens (including phenoxy) is 1. The summed E-state index contributed by atoms with van der Waals surface area (Å²) in [4.78, 5) is 15.7. The van der Waals surface area contributed by atoms with Gasteiger partial charge in [-0.05, 0) is 41.5 Å². The summed E-state index contributed by atoms with van der Waals surface area (Å²) < 4.78 is 43.9. The van der Waals surface area contributed by atoms with Gasteiger partial charge in [-0.15, -0.1) is 4.91 Å². The third kappa shape index (κ3) is 4.73. The minimum atomic E-state index is -4.42. The van der Waals surface area contributed by atoms with Gasteiger partial charge in [-0.2, -0.15) is 13.2 Å². The second kappa shape index (κ2) is 8.65. The van der Waals surface area contributed by atoms with Crippen molar-refractivity contribution in [3.63, 3.8) is 0 Å². The molecule has 0 aliphatic carbocycles. The van der Waals surface area contributed by atoms with E-state index in [0.717, 1.165) is 17.7 Å². The molecule has 4 nitrogen and oxygen atoms in total. The van der Waals surface area contributed by atoms with Gasteiger partial charge in [0.15, 0.2) is 6.04 Å². The molecule has 1 aromatic heterocycles. The molecule has 0 radical (unpaired) electrons. The largest absolute Gasteiger partial charge is 0.493 e. The van der Waals surface area contributed by atoms with E-state index in [9.17, 15) is 18.1 Å². The summed E-state index contributed by atoms with van der Waals surface area (Å²) in [6, 6.07) is 16.5. The highest BCUT2D eigenvalue weighted by atomic mass is 19.4. The van der Waals surface area contributed by atoms with Crippen LogP contribution in [0.3, 0.4) is 0 Å². The number of halogens is 3. The number of benzene rings is 2. The van der Waals surface area contributed by atoms with Gasteiger partial charge in [0.05, 0.1) is 17.9 Å². The average molecular weight is 386 g/mol. The molecule has 144 valence electrons. The van der Waals surface area contributed by atoms with Crippen molar-refractivity contribution in [1.82, 2.24) is 4.98 Å². The number of alkyl halides is 3. The monoisotopic (exact) mass is 386 g/mol. The maximum absolute atomic E-state index is 12.8. The molecule has 3 aromatic rings. The van der Waals surface area contributed by atoms with Gasteiger partial charge in [-0.3, -0.25) is 4.98 Å². The topological polar surface area (TPSA) is 51.5 Å². The Morgan fingerprint density at radius 2 is 1.79 bits per heavy atom.